The second kappa shape index (κ2) is 6.19. The predicted molar refractivity (Wildman–Crippen MR) is 82.5 cm³/mol. The highest BCUT2D eigenvalue weighted by Gasteiger charge is 2.21. The SMILES string of the molecule is NS(=O)(=O)c1ccc(NC(=O)c2cc(F)cc3c2OCOC3)cc1. The predicted octanol–water partition coefficient (Wildman–Crippen LogP) is 1.59. The number of hydrogen-bond acceptors (Lipinski definition) is 5. The first-order valence-electron chi connectivity index (χ1n) is 6.82. The van der Waals surface area contributed by atoms with Crippen molar-refractivity contribution in [3.8, 4) is 5.75 Å². The Morgan fingerprint density at radius 3 is 2.58 bits per heavy atom. The Kier molecular flexibility index (Phi) is 4.22. The summed E-state index contributed by atoms with van der Waals surface area (Å²) >= 11 is 0. The standard InChI is InChI=1S/C15H13FN2O5S/c16-10-5-9-7-22-8-23-14(9)13(6-10)15(19)18-11-1-3-12(4-2-11)24(17,20)21/h1-6H,7-8H2,(H,18,19)(H2,17,20,21). The second-order valence-corrected chi connectivity index (χ2v) is 6.64. The zero-order valence-corrected chi connectivity index (χ0v) is 13.1. The Bertz CT molecular complexity index is 897. The molecule has 3 rings (SSSR count). The van der Waals surface area contributed by atoms with Crippen molar-refractivity contribution in [2.24, 2.45) is 5.14 Å². The lowest BCUT2D eigenvalue weighted by Gasteiger charge is -2.20. The van der Waals surface area contributed by atoms with Gasteiger partial charge in [-0.2, -0.15) is 0 Å². The number of ether oxygens (including phenoxy) is 2. The Labute approximate surface area is 137 Å². The van der Waals surface area contributed by atoms with E-state index in [-0.39, 0.29) is 29.6 Å². The van der Waals surface area contributed by atoms with E-state index < -0.39 is 21.7 Å². The van der Waals surface area contributed by atoms with Gasteiger partial charge in [0.15, 0.2) is 6.79 Å². The van der Waals surface area contributed by atoms with Crippen LogP contribution in [-0.2, 0) is 21.4 Å². The summed E-state index contributed by atoms with van der Waals surface area (Å²) in [4.78, 5) is 12.3. The van der Waals surface area contributed by atoms with Crippen LogP contribution in [0, 0.1) is 5.82 Å². The number of nitrogens with one attached hydrogen (secondary N) is 1. The van der Waals surface area contributed by atoms with E-state index >= 15 is 0 Å². The molecule has 0 fully saturated rings. The number of primary sulfonamides is 1. The van der Waals surface area contributed by atoms with E-state index in [1.54, 1.807) is 0 Å². The van der Waals surface area contributed by atoms with Gasteiger partial charge in [-0.05, 0) is 36.4 Å². The fourth-order valence-electron chi connectivity index (χ4n) is 2.27. The van der Waals surface area contributed by atoms with Crippen molar-refractivity contribution in [2.75, 3.05) is 12.1 Å². The van der Waals surface area contributed by atoms with Gasteiger partial charge in [0.05, 0.1) is 17.1 Å². The van der Waals surface area contributed by atoms with Crippen LogP contribution in [0.2, 0.25) is 0 Å². The number of amides is 1. The van der Waals surface area contributed by atoms with E-state index in [0.717, 1.165) is 6.07 Å². The number of hydrogen-bond donors (Lipinski definition) is 2. The van der Waals surface area contributed by atoms with Crippen molar-refractivity contribution < 1.29 is 27.1 Å². The summed E-state index contributed by atoms with van der Waals surface area (Å²) in [6.45, 7) is 0.123. The van der Waals surface area contributed by atoms with Crippen LogP contribution < -0.4 is 15.2 Å². The van der Waals surface area contributed by atoms with Crippen molar-refractivity contribution >= 4 is 21.6 Å². The van der Waals surface area contributed by atoms with E-state index in [9.17, 15) is 17.6 Å². The number of carbonyl (C=O) groups is 1. The lowest BCUT2D eigenvalue weighted by atomic mass is 10.1. The van der Waals surface area contributed by atoms with Crippen LogP contribution in [0.4, 0.5) is 10.1 Å². The molecular weight excluding hydrogens is 339 g/mol. The van der Waals surface area contributed by atoms with Crippen LogP contribution >= 0.6 is 0 Å². The molecule has 0 atom stereocenters. The Balaban J connectivity index is 1.87. The van der Waals surface area contributed by atoms with Gasteiger partial charge in [0.2, 0.25) is 10.0 Å². The van der Waals surface area contributed by atoms with Crippen LogP contribution in [0.1, 0.15) is 15.9 Å². The highest BCUT2D eigenvalue weighted by Crippen LogP contribution is 2.30. The van der Waals surface area contributed by atoms with Gasteiger partial charge in [-0.3, -0.25) is 4.79 Å². The molecule has 3 N–H and O–H groups in total. The fourth-order valence-corrected chi connectivity index (χ4v) is 2.79. The molecule has 0 spiro atoms. The number of halogens is 1. The minimum absolute atomic E-state index is 0.0258. The first-order valence-corrected chi connectivity index (χ1v) is 8.36. The molecule has 0 saturated heterocycles. The molecule has 0 aromatic heterocycles. The maximum Gasteiger partial charge on any atom is 0.259 e. The monoisotopic (exact) mass is 352 g/mol. The first-order chi connectivity index (χ1) is 11.3. The summed E-state index contributed by atoms with van der Waals surface area (Å²) in [6.07, 6.45) is 0. The maximum atomic E-state index is 13.7. The molecular formula is C15H13FN2O5S. The minimum Gasteiger partial charge on any atom is -0.466 e. The number of carbonyl (C=O) groups excluding carboxylic acids is 1. The maximum absolute atomic E-state index is 13.7. The molecule has 1 aliphatic heterocycles. The van der Waals surface area contributed by atoms with Crippen LogP contribution in [0.5, 0.6) is 5.75 Å². The van der Waals surface area contributed by atoms with Crippen LogP contribution in [-0.4, -0.2) is 21.1 Å². The molecule has 1 heterocycles. The number of nitrogens with two attached hydrogens (primary N) is 1. The van der Waals surface area contributed by atoms with Gasteiger partial charge < -0.3 is 14.8 Å². The van der Waals surface area contributed by atoms with Gasteiger partial charge in [-0.15, -0.1) is 0 Å². The zero-order valence-electron chi connectivity index (χ0n) is 12.3. The highest BCUT2D eigenvalue weighted by atomic mass is 32.2. The molecule has 24 heavy (non-hydrogen) atoms. The number of rotatable bonds is 3. The molecule has 126 valence electrons. The van der Waals surface area contributed by atoms with Crippen LogP contribution in [0.3, 0.4) is 0 Å². The Morgan fingerprint density at radius 1 is 1.21 bits per heavy atom. The lowest BCUT2D eigenvalue weighted by Crippen LogP contribution is -2.19. The summed E-state index contributed by atoms with van der Waals surface area (Å²) in [6, 6.07) is 7.59. The van der Waals surface area contributed by atoms with Crippen molar-refractivity contribution in [2.45, 2.75) is 11.5 Å². The molecule has 0 saturated carbocycles. The van der Waals surface area contributed by atoms with Crippen molar-refractivity contribution in [3.63, 3.8) is 0 Å². The summed E-state index contributed by atoms with van der Waals surface area (Å²) in [5, 5.41) is 7.56. The Morgan fingerprint density at radius 2 is 1.92 bits per heavy atom. The van der Waals surface area contributed by atoms with Crippen molar-refractivity contribution in [1.29, 1.82) is 0 Å². The number of fused-ring (bicyclic) bond motifs is 1. The quantitative estimate of drug-likeness (QED) is 0.872. The van der Waals surface area contributed by atoms with Gasteiger partial charge in [0.1, 0.15) is 11.6 Å². The highest BCUT2D eigenvalue weighted by molar-refractivity contribution is 7.89. The van der Waals surface area contributed by atoms with E-state index in [1.165, 1.54) is 30.3 Å². The third-order valence-corrected chi connectivity index (χ3v) is 4.29. The van der Waals surface area contributed by atoms with Gasteiger partial charge in [-0.25, -0.2) is 17.9 Å². The summed E-state index contributed by atoms with van der Waals surface area (Å²) in [7, 11) is -3.81. The first kappa shape index (κ1) is 16.4. The number of anilines is 1. The summed E-state index contributed by atoms with van der Waals surface area (Å²) in [5.74, 6) is -0.908. The third kappa shape index (κ3) is 3.37. The summed E-state index contributed by atoms with van der Waals surface area (Å²) in [5.41, 5.74) is 0.803. The zero-order chi connectivity index (χ0) is 17.3. The van der Waals surface area contributed by atoms with E-state index in [4.69, 9.17) is 14.6 Å². The average molecular weight is 352 g/mol. The topological polar surface area (TPSA) is 108 Å². The number of benzene rings is 2. The molecule has 0 radical (unpaired) electrons. The van der Waals surface area contributed by atoms with Crippen LogP contribution in [0.25, 0.3) is 0 Å². The van der Waals surface area contributed by atoms with Gasteiger partial charge >= 0.3 is 0 Å². The van der Waals surface area contributed by atoms with Gasteiger partial charge in [-0.1, -0.05) is 0 Å². The van der Waals surface area contributed by atoms with Crippen molar-refractivity contribution in [3.05, 3.63) is 53.3 Å². The smallest absolute Gasteiger partial charge is 0.259 e. The second-order valence-electron chi connectivity index (χ2n) is 5.08. The van der Waals surface area contributed by atoms with E-state index in [0.29, 0.717) is 11.3 Å². The van der Waals surface area contributed by atoms with E-state index in [2.05, 4.69) is 5.32 Å². The summed E-state index contributed by atoms with van der Waals surface area (Å²) < 4.78 is 46.4. The molecule has 7 nitrogen and oxygen atoms in total. The normalized spacial score (nSPS) is 13.8. The lowest BCUT2D eigenvalue weighted by molar-refractivity contribution is -0.0170. The fraction of sp³-hybridized carbons (Fsp3) is 0.133. The van der Waals surface area contributed by atoms with Crippen LogP contribution in [0.15, 0.2) is 41.3 Å². The Hall–Kier alpha value is -2.49. The minimum atomic E-state index is -3.81. The molecule has 9 heteroatoms. The molecule has 0 unspecified atom stereocenters. The number of sulfonamides is 1. The molecule has 1 amide bonds. The van der Waals surface area contributed by atoms with Gasteiger partial charge in [0.25, 0.3) is 5.91 Å². The largest absolute Gasteiger partial charge is 0.466 e. The molecule has 1 aliphatic rings. The van der Waals surface area contributed by atoms with Crippen molar-refractivity contribution in [1.82, 2.24) is 0 Å². The average Bonchev–Trinajstić information content (AvgIpc) is 2.53. The molecule has 0 aliphatic carbocycles. The molecule has 0 bridgehead atoms. The van der Waals surface area contributed by atoms with Gasteiger partial charge in [0, 0.05) is 11.3 Å². The third-order valence-electron chi connectivity index (χ3n) is 3.36. The molecule has 2 aromatic carbocycles. The molecule has 2 aromatic rings. The van der Waals surface area contributed by atoms with E-state index in [1.807, 2.05) is 0 Å².